The number of aliphatic carboxylic acids is 1. The molecule has 1 fully saturated rings. The number of halogens is 1. The summed E-state index contributed by atoms with van der Waals surface area (Å²) in [6.07, 6.45) is 3.00. The van der Waals surface area contributed by atoms with Crippen molar-refractivity contribution in [3.8, 4) is 0 Å². The zero-order chi connectivity index (χ0) is 13.0. The van der Waals surface area contributed by atoms with Crippen molar-refractivity contribution in [1.82, 2.24) is 4.90 Å². The Morgan fingerprint density at radius 2 is 1.89 bits per heavy atom. The highest BCUT2D eigenvalue weighted by atomic mass is 19.1. The molecular weight excluding hydrogens is 233 g/mol. The normalized spacial score (nSPS) is 17.8. The highest BCUT2D eigenvalue weighted by Gasteiger charge is 2.20. The van der Waals surface area contributed by atoms with Gasteiger partial charge >= 0.3 is 5.97 Å². The zero-order valence-electron chi connectivity index (χ0n) is 10.3. The third-order valence-electron chi connectivity index (χ3n) is 3.50. The van der Waals surface area contributed by atoms with Gasteiger partial charge in [0.25, 0.3) is 0 Å². The SMILES string of the molecule is O=C(O)CN1CCC(Cc2ccc(F)cc2)CC1. The molecule has 3 nitrogen and oxygen atoms in total. The van der Waals surface area contributed by atoms with Crippen LogP contribution in [0.2, 0.25) is 0 Å². The van der Waals surface area contributed by atoms with E-state index in [1.54, 1.807) is 0 Å². The van der Waals surface area contributed by atoms with E-state index >= 15 is 0 Å². The average molecular weight is 251 g/mol. The predicted molar refractivity (Wildman–Crippen MR) is 66.9 cm³/mol. The van der Waals surface area contributed by atoms with Gasteiger partial charge in [-0.3, -0.25) is 9.69 Å². The Labute approximate surface area is 106 Å². The molecule has 1 saturated heterocycles. The molecular formula is C14H18FNO2. The van der Waals surface area contributed by atoms with Crippen LogP contribution in [0.1, 0.15) is 18.4 Å². The average Bonchev–Trinajstić information content (AvgIpc) is 2.34. The number of carboxylic acids is 1. The second-order valence-electron chi connectivity index (χ2n) is 4.94. The maximum Gasteiger partial charge on any atom is 0.317 e. The van der Waals surface area contributed by atoms with Gasteiger partial charge in [0.15, 0.2) is 0 Å². The first-order valence-electron chi connectivity index (χ1n) is 6.32. The Balaban J connectivity index is 1.79. The standard InChI is InChI=1S/C14H18FNO2/c15-13-3-1-11(2-4-13)9-12-5-7-16(8-6-12)10-14(17)18/h1-4,12H,5-10H2,(H,17,18). The van der Waals surface area contributed by atoms with Crippen molar-refractivity contribution < 1.29 is 14.3 Å². The van der Waals surface area contributed by atoms with Crippen molar-refractivity contribution in [3.63, 3.8) is 0 Å². The van der Waals surface area contributed by atoms with Gasteiger partial charge in [-0.1, -0.05) is 12.1 Å². The lowest BCUT2D eigenvalue weighted by molar-refractivity contribution is -0.138. The van der Waals surface area contributed by atoms with Gasteiger partial charge in [0.2, 0.25) is 0 Å². The fraction of sp³-hybridized carbons (Fsp3) is 0.500. The van der Waals surface area contributed by atoms with Crippen LogP contribution in [0, 0.1) is 11.7 Å². The molecule has 4 heteroatoms. The molecule has 0 unspecified atom stereocenters. The summed E-state index contributed by atoms with van der Waals surface area (Å²) in [5, 5.41) is 8.72. The summed E-state index contributed by atoms with van der Waals surface area (Å²) in [7, 11) is 0. The van der Waals surface area contributed by atoms with Crippen LogP contribution >= 0.6 is 0 Å². The number of carbonyl (C=O) groups is 1. The molecule has 98 valence electrons. The van der Waals surface area contributed by atoms with E-state index in [2.05, 4.69) is 0 Å². The molecule has 1 aliphatic heterocycles. The third kappa shape index (κ3) is 3.81. The van der Waals surface area contributed by atoms with Gasteiger partial charge in [-0.15, -0.1) is 0 Å². The second-order valence-corrected chi connectivity index (χ2v) is 4.94. The first kappa shape index (κ1) is 13.0. The van der Waals surface area contributed by atoms with Gasteiger partial charge in [0, 0.05) is 0 Å². The van der Waals surface area contributed by atoms with Crippen LogP contribution in [-0.2, 0) is 11.2 Å². The quantitative estimate of drug-likeness (QED) is 0.891. The van der Waals surface area contributed by atoms with Crippen LogP contribution < -0.4 is 0 Å². The number of rotatable bonds is 4. The number of piperidine rings is 1. The maximum absolute atomic E-state index is 12.8. The molecule has 2 rings (SSSR count). The van der Waals surface area contributed by atoms with E-state index in [4.69, 9.17) is 5.11 Å². The zero-order valence-corrected chi connectivity index (χ0v) is 10.3. The minimum Gasteiger partial charge on any atom is -0.480 e. The molecule has 1 aromatic rings. The largest absolute Gasteiger partial charge is 0.480 e. The molecule has 0 bridgehead atoms. The van der Waals surface area contributed by atoms with Gasteiger partial charge in [-0.25, -0.2) is 4.39 Å². The first-order chi connectivity index (χ1) is 8.63. The lowest BCUT2D eigenvalue weighted by Gasteiger charge is -2.30. The molecule has 0 atom stereocenters. The summed E-state index contributed by atoms with van der Waals surface area (Å²) in [5.74, 6) is -0.373. The van der Waals surface area contributed by atoms with E-state index in [1.807, 2.05) is 17.0 Å². The van der Waals surface area contributed by atoms with Gasteiger partial charge in [0.1, 0.15) is 5.82 Å². The van der Waals surface area contributed by atoms with Gasteiger partial charge < -0.3 is 5.11 Å². The number of carboxylic acid groups (broad SMARTS) is 1. The smallest absolute Gasteiger partial charge is 0.317 e. The Hall–Kier alpha value is -1.42. The Kier molecular flexibility index (Phi) is 4.31. The van der Waals surface area contributed by atoms with E-state index in [9.17, 15) is 9.18 Å². The van der Waals surface area contributed by atoms with E-state index in [1.165, 1.54) is 12.1 Å². The Morgan fingerprint density at radius 1 is 1.28 bits per heavy atom. The molecule has 1 aromatic carbocycles. The molecule has 0 radical (unpaired) electrons. The van der Waals surface area contributed by atoms with E-state index in [0.29, 0.717) is 5.92 Å². The van der Waals surface area contributed by atoms with Crippen LogP contribution in [-0.4, -0.2) is 35.6 Å². The van der Waals surface area contributed by atoms with Gasteiger partial charge in [-0.2, -0.15) is 0 Å². The molecule has 0 aliphatic carbocycles. The predicted octanol–water partition coefficient (Wildman–Crippen LogP) is 2.16. The van der Waals surface area contributed by atoms with Crippen molar-refractivity contribution in [3.05, 3.63) is 35.6 Å². The minimum absolute atomic E-state index is 0.142. The topological polar surface area (TPSA) is 40.5 Å². The van der Waals surface area contributed by atoms with Crippen LogP contribution in [0.3, 0.4) is 0 Å². The summed E-state index contributed by atoms with van der Waals surface area (Å²) in [4.78, 5) is 12.6. The molecule has 1 N–H and O–H groups in total. The van der Waals surface area contributed by atoms with E-state index in [0.717, 1.165) is 37.9 Å². The number of likely N-dealkylation sites (tertiary alicyclic amines) is 1. The van der Waals surface area contributed by atoms with Crippen molar-refractivity contribution in [2.24, 2.45) is 5.92 Å². The molecule has 1 aliphatic rings. The minimum atomic E-state index is -0.757. The highest BCUT2D eigenvalue weighted by molar-refractivity contribution is 5.69. The molecule has 0 spiro atoms. The molecule has 0 amide bonds. The third-order valence-corrected chi connectivity index (χ3v) is 3.50. The number of hydrogen-bond acceptors (Lipinski definition) is 2. The van der Waals surface area contributed by atoms with Crippen molar-refractivity contribution in [1.29, 1.82) is 0 Å². The highest BCUT2D eigenvalue weighted by Crippen LogP contribution is 2.21. The summed E-state index contributed by atoms with van der Waals surface area (Å²) >= 11 is 0. The van der Waals surface area contributed by atoms with Crippen LogP contribution in [0.5, 0.6) is 0 Å². The van der Waals surface area contributed by atoms with Crippen LogP contribution in [0.15, 0.2) is 24.3 Å². The first-order valence-corrected chi connectivity index (χ1v) is 6.32. The summed E-state index contributed by atoms with van der Waals surface area (Å²) < 4.78 is 12.8. The summed E-state index contributed by atoms with van der Waals surface area (Å²) in [6.45, 7) is 1.83. The fourth-order valence-corrected chi connectivity index (χ4v) is 2.49. The van der Waals surface area contributed by atoms with Crippen LogP contribution in [0.25, 0.3) is 0 Å². The van der Waals surface area contributed by atoms with Crippen molar-refractivity contribution in [2.45, 2.75) is 19.3 Å². The lowest BCUT2D eigenvalue weighted by Crippen LogP contribution is -2.37. The van der Waals surface area contributed by atoms with Gasteiger partial charge in [-0.05, 0) is 56.0 Å². The fourth-order valence-electron chi connectivity index (χ4n) is 2.49. The Morgan fingerprint density at radius 3 is 2.44 bits per heavy atom. The van der Waals surface area contributed by atoms with Gasteiger partial charge in [0.05, 0.1) is 6.54 Å². The molecule has 1 heterocycles. The molecule has 18 heavy (non-hydrogen) atoms. The number of hydrogen-bond donors (Lipinski definition) is 1. The monoisotopic (exact) mass is 251 g/mol. The van der Waals surface area contributed by atoms with Crippen molar-refractivity contribution in [2.75, 3.05) is 19.6 Å². The summed E-state index contributed by atoms with van der Waals surface area (Å²) in [5.41, 5.74) is 1.16. The maximum atomic E-state index is 12.8. The van der Waals surface area contributed by atoms with Crippen LogP contribution in [0.4, 0.5) is 4.39 Å². The van der Waals surface area contributed by atoms with E-state index < -0.39 is 5.97 Å². The second kappa shape index (κ2) is 5.96. The van der Waals surface area contributed by atoms with Crippen molar-refractivity contribution >= 4 is 5.97 Å². The lowest BCUT2D eigenvalue weighted by atomic mass is 9.90. The molecule has 0 saturated carbocycles. The Bertz CT molecular complexity index is 397. The number of benzene rings is 1. The summed E-state index contributed by atoms with van der Waals surface area (Å²) in [6, 6.07) is 6.65. The molecule has 0 aromatic heterocycles. The number of nitrogens with zero attached hydrogens (tertiary/aromatic N) is 1. The van der Waals surface area contributed by atoms with E-state index in [-0.39, 0.29) is 12.4 Å².